The first-order valence-electron chi connectivity index (χ1n) is 18.5. The van der Waals surface area contributed by atoms with Crippen molar-refractivity contribution in [3.05, 3.63) is 102 Å². The molecule has 3 aromatic rings. The van der Waals surface area contributed by atoms with Gasteiger partial charge in [0.2, 0.25) is 17.7 Å². The molecule has 3 aromatic carbocycles. The zero-order valence-corrected chi connectivity index (χ0v) is 31.7. The molecule has 1 heterocycles. The second-order valence-electron chi connectivity index (χ2n) is 15.1. The van der Waals surface area contributed by atoms with Crippen molar-refractivity contribution in [1.29, 1.82) is 0 Å². The van der Waals surface area contributed by atoms with Crippen molar-refractivity contribution >= 4 is 35.2 Å². The lowest BCUT2D eigenvalue weighted by Gasteiger charge is -2.28. The maximum atomic E-state index is 14.1. The molecule has 4 rings (SSSR count). The number of rotatable bonds is 19. The Labute approximate surface area is 313 Å². The average Bonchev–Trinajstić information content (AvgIpc) is 3.88. The first-order chi connectivity index (χ1) is 25.2. The summed E-state index contributed by atoms with van der Waals surface area (Å²) in [7, 11) is 0. The number of urea groups is 1. The van der Waals surface area contributed by atoms with Gasteiger partial charge in [0.25, 0.3) is 0 Å². The highest BCUT2D eigenvalue weighted by Crippen LogP contribution is 2.29. The Morgan fingerprint density at radius 2 is 1.13 bits per heavy atom. The Kier molecular flexibility index (Phi) is 14.7. The van der Waals surface area contributed by atoms with Crippen LogP contribution in [0.3, 0.4) is 0 Å². The minimum atomic E-state index is -1.04. The van der Waals surface area contributed by atoms with Crippen LogP contribution in [0.5, 0.6) is 0 Å². The van der Waals surface area contributed by atoms with Gasteiger partial charge in [-0.1, -0.05) is 106 Å². The molecular formula is C42H55N5O6. The Balaban J connectivity index is 1.53. The summed E-state index contributed by atoms with van der Waals surface area (Å²) in [6.45, 7) is 11.8. The highest BCUT2D eigenvalue weighted by Gasteiger charge is 2.50. The van der Waals surface area contributed by atoms with Gasteiger partial charge in [0.15, 0.2) is 5.78 Å². The first-order valence-corrected chi connectivity index (χ1v) is 18.5. The molecule has 1 aliphatic heterocycles. The number of aryl methyl sites for hydroxylation is 2. The molecule has 5 amide bonds. The lowest BCUT2D eigenvalue weighted by molar-refractivity contribution is -0.134. The lowest BCUT2D eigenvalue weighted by Crippen LogP contribution is -2.59. The maximum Gasteiger partial charge on any atom is 0.319 e. The number of carbonyl (C=O) groups excluding carboxylic acids is 5. The van der Waals surface area contributed by atoms with Gasteiger partial charge in [-0.2, -0.15) is 0 Å². The fraction of sp³-hybridized carbons (Fsp3) is 0.452. The summed E-state index contributed by atoms with van der Waals surface area (Å²) >= 11 is 0. The average molecular weight is 726 g/mol. The van der Waals surface area contributed by atoms with Crippen LogP contribution in [0.1, 0.15) is 70.6 Å². The van der Waals surface area contributed by atoms with E-state index in [2.05, 4.69) is 26.6 Å². The van der Waals surface area contributed by atoms with Crippen LogP contribution in [0.25, 0.3) is 0 Å². The van der Waals surface area contributed by atoms with Crippen LogP contribution in [0.15, 0.2) is 84.9 Å². The molecule has 53 heavy (non-hydrogen) atoms. The van der Waals surface area contributed by atoms with Crippen LogP contribution in [-0.4, -0.2) is 65.9 Å². The van der Waals surface area contributed by atoms with E-state index in [9.17, 15) is 24.0 Å². The number of ketones is 1. The first kappa shape index (κ1) is 40.7. The number of ether oxygens (including phenoxy) is 1. The molecule has 1 saturated heterocycles. The van der Waals surface area contributed by atoms with Crippen LogP contribution in [0.2, 0.25) is 0 Å². The minimum Gasteiger partial charge on any atom is -0.361 e. The third-order valence-corrected chi connectivity index (χ3v) is 9.19. The van der Waals surface area contributed by atoms with Gasteiger partial charge in [0, 0.05) is 12.1 Å². The van der Waals surface area contributed by atoms with Crippen molar-refractivity contribution in [1.82, 2.24) is 21.3 Å². The topological polar surface area (TPSA) is 158 Å². The summed E-state index contributed by atoms with van der Waals surface area (Å²) in [5.41, 5.74) is 2.49. The van der Waals surface area contributed by atoms with Crippen LogP contribution in [-0.2, 0) is 36.8 Å². The Hall–Kier alpha value is -5.03. The fourth-order valence-corrected chi connectivity index (χ4v) is 6.09. The SMILES string of the molecule is Cc1ccc(NC(=O)NC(CCc2ccccc2)C(=O)NC(CC(C)C)C(=O)N[C@@H](Cc2ccccc2)C(=O)NC(CC(C)C)C(=O)[C@@]2(C)CO2)cc1. The van der Waals surface area contributed by atoms with Gasteiger partial charge in [-0.05, 0) is 74.6 Å². The van der Waals surface area contributed by atoms with Gasteiger partial charge < -0.3 is 31.3 Å². The molecule has 3 unspecified atom stereocenters. The van der Waals surface area contributed by atoms with Crippen LogP contribution >= 0.6 is 0 Å². The van der Waals surface area contributed by atoms with Crippen molar-refractivity contribution in [2.24, 2.45) is 11.8 Å². The van der Waals surface area contributed by atoms with E-state index < -0.39 is 53.5 Å². The molecule has 0 spiro atoms. The van der Waals surface area contributed by atoms with Gasteiger partial charge in [-0.3, -0.25) is 19.2 Å². The van der Waals surface area contributed by atoms with Gasteiger partial charge in [0.05, 0.1) is 12.6 Å². The number of hydrogen-bond donors (Lipinski definition) is 5. The van der Waals surface area contributed by atoms with Crippen molar-refractivity contribution in [2.45, 2.75) is 103 Å². The van der Waals surface area contributed by atoms with Crippen LogP contribution < -0.4 is 26.6 Å². The highest BCUT2D eigenvalue weighted by atomic mass is 16.6. The predicted molar refractivity (Wildman–Crippen MR) is 206 cm³/mol. The van der Waals surface area contributed by atoms with Gasteiger partial charge in [-0.25, -0.2) is 4.79 Å². The molecular weight excluding hydrogens is 670 g/mol. The molecule has 5 atom stereocenters. The van der Waals surface area contributed by atoms with Crippen molar-refractivity contribution in [3.8, 4) is 0 Å². The van der Waals surface area contributed by atoms with Gasteiger partial charge in [0.1, 0.15) is 23.7 Å². The van der Waals surface area contributed by atoms with Crippen LogP contribution in [0.4, 0.5) is 10.5 Å². The number of anilines is 1. The monoisotopic (exact) mass is 725 g/mol. The Morgan fingerprint density at radius 3 is 1.70 bits per heavy atom. The summed E-state index contributed by atoms with van der Waals surface area (Å²) in [6, 6.07) is 21.8. The molecule has 0 radical (unpaired) electrons. The zero-order chi connectivity index (χ0) is 38.5. The number of benzene rings is 3. The predicted octanol–water partition coefficient (Wildman–Crippen LogP) is 5.27. The number of hydrogen-bond acceptors (Lipinski definition) is 6. The second-order valence-corrected chi connectivity index (χ2v) is 15.1. The van der Waals surface area contributed by atoms with Crippen molar-refractivity contribution < 1.29 is 28.7 Å². The molecule has 5 N–H and O–H groups in total. The van der Waals surface area contributed by atoms with E-state index >= 15 is 0 Å². The molecule has 0 bridgehead atoms. The number of amides is 5. The number of epoxide rings is 1. The van der Waals surface area contributed by atoms with Crippen molar-refractivity contribution in [2.75, 3.05) is 11.9 Å². The Morgan fingerprint density at radius 1 is 0.642 bits per heavy atom. The normalized spacial score (nSPS) is 17.2. The summed E-state index contributed by atoms with van der Waals surface area (Å²) in [4.78, 5) is 68.5. The van der Waals surface area contributed by atoms with E-state index in [4.69, 9.17) is 4.74 Å². The van der Waals surface area contributed by atoms with Crippen molar-refractivity contribution in [3.63, 3.8) is 0 Å². The summed E-state index contributed by atoms with van der Waals surface area (Å²) in [5, 5.41) is 14.3. The lowest BCUT2D eigenvalue weighted by atomic mass is 9.93. The third kappa shape index (κ3) is 13.2. The highest BCUT2D eigenvalue weighted by molar-refractivity contribution is 5.99. The quantitative estimate of drug-likeness (QED) is 0.106. The Bertz CT molecular complexity index is 1680. The molecule has 0 aliphatic carbocycles. The molecule has 1 fully saturated rings. The maximum absolute atomic E-state index is 14.1. The third-order valence-electron chi connectivity index (χ3n) is 9.19. The van der Waals surface area contributed by atoms with Gasteiger partial charge >= 0.3 is 6.03 Å². The fourth-order valence-electron chi connectivity index (χ4n) is 6.09. The molecule has 1 aliphatic rings. The van der Waals surface area contributed by atoms with E-state index in [0.29, 0.717) is 25.1 Å². The van der Waals surface area contributed by atoms with E-state index in [1.54, 1.807) is 19.1 Å². The molecule has 0 aromatic heterocycles. The van der Waals surface area contributed by atoms with E-state index in [-0.39, 0.29) is 36.9 Å². The smallest absolute Gasteiger partial charge is 0.319 e. The largest absolute Gasteiger partial charge is 0.361 e. The molecule has 11 nitrogen and oxygen atoms in total. The summed E-state index contributed by atoms with van der Waals surface area (Å²) in [6.07, 6.45) is 1.64. The van der Waals surface area contributed by atoms with E-state index in [0.717, 1.165) is 16.7 Å². The van der Waals surface area contributed by atoms with Crippen LogP contribution in [0, 0.1) is 18.8 Å². The second kappa shape index (κ2) is 19.2. The molecule has 11 heteroatoms. The number of Topliss-reactive ketones (excluding diaryl/α,β-unsaturated/α-hetero) is 1. The molecule has 284 valence electrons. The molecule has 0 saturated carbocycles. The standard InChI is InChI=1S/C42H55N5O6/c1-27(2)23-34(37(48)42(6)26-53-42)44-40(51)36(25-31-15-11-8-12-16-31)46-39(50)35(24-28(3)4)45-38(49)33(22-19-30-13-9-7-10-14-30)47-41(52)43-32-20-17-29(5)18-21-32/h7-18,20-21,27-28,33-36H,19,22-26H2,1-6H3,(H,44,51)(H,45,49)(H,46,50)(H2,43,47,52)/t33?,34?,35?,36-,42+/m0/s1. The summed E-state index contributed by atoms with van der Waals surface area (Å²) in [5.74, 6) is -1.66. The van der Waals surface area contributed by atoms with Gasteiger partial charge in [-0.15, -0.1) is 0 Å². The zero-order valence-electron chi connectivity index (χ0n) is 31.7. The van der Waals surface area contributed by atoms with E-state index in [1.165, 1.54) is 0 Å². The number of nitrogens with one attached hydrogen (secondary N) is 5. The number of carbonyl (C=O) groups is 5. The minimum absolute atomic E-state index is 0.000318. The summed E-state index contributed by atoms with van der Waals surface area (Å²) < 4.78 is 5.41. The van der Waals surface area contributed by atoms with E-state index in [1.807, 2.05) is 107 Å².